The minimum Gasteiger partial charge on any atom is -0.500 e. The van der Waals surface area contributed by atoms with Crippen LogP contribution in [0.3, 0.4) is 0 Å². The number of nitrogens with zero attached hydrogens (tertiary/aromatic N) is 2. The number of nitrogens with one attached hydrogen (secondary N) is 1. The molecule has 2 aromatic carbocycles. The van der Waals surface area contributed by atoms with Gasteiger partial charge >= 0.3 is 5.69 Å². The summed E-state index contributed by atoms with van der Waals surface area (Å²) in [5.74, 6) is -7.83. The second-order valence-corrected chi connectivity index (χ2v) is 7.61. The van der Waals surface area contributed by atoms with Crippen LogP contribution in [0.25, 0.3) is 6.08 Å². The van der Waals surface area contributed by atoms with Gasteiger partial charge in [0.15, 0.2) is 23.2 Å². The van der Waals surface area contributed by atoms with Crippen LogP contribution in [0.2, 0.25) is 0 Å². The molecular formula is C20H14F3N3O7S. The van der Waals surface area contributed by atoms with E-state index in [2.05, 4.69) is 0 Å². The number of nitro benzene ring substituents is 1. The second kappa shape index (κ2) is 9.82. The number of phenolic OH excluding ortho intramolecular Hbond substituents is 1. The van der Waals surface area contributed by atoms with Crippen LogP contribution >= 0.6 is 11.8 Å². The number of thioether (sulfide) groups is 1. The SMILES string of the molecule is CCOc1cc(/C=C2\SC(=O)N(CC(=O)Nc3ccc(F)c(F)c3F)C2=O)cc([N+](=O)[O-])c1O. The van der Waals surface area contributed by atoms with E-state index in [0.29, 0.717) is 22.7 Å². The molecular weight excluding hydrogens is 483 g/mol. The van der Waals surface area contributed by atoms with E-state index < -0.39 is 63.1 Å². The van der Waals surface area contributed by atoms with Gasteiger partial charge in [0.2, 0.25) is 11.7 Å². The van der Waals surface area contributed by atoms with E-state index in [1.165, 1.54) is 6.07 Å². The quantitative estimate of drug-likeness (QED) is 0.255. The highest BCUT2D eigenvalue weighted by Gasteiger charge is 2.36. The molecule has 0 aliphatic carbocycles. The van der Waals surface area contributed by atoms with Crippen molar-refractivity contribution in [3.8, 4) is 11.5 Å². The van der Waals surface area contributed by atoms with Gasteiger partial charge in [0.1, 0.15) is 6.54 Å². The first-order chi connectivity index (χ1) is 16.0. The van der Waals surface area contributed by atoms with Crippen LogP contribution in [0.1, 0.15) is 12.5 Å². The monoisotopic (exact) mass is 497 g/mol. The lowest BCUT2D eigenvalue weighted by atomic mass is 10.1. The Morgan fingerprint density at radius 2 is 1.97 bits per heavy atom. The highest BCUT2D eigenvalue weighted by molar-refractivity contribution is 8.18. The molecule has 0 bridgehead atoms. The molecule has 10 nitrogen and oxygen atoms in total. The Kier molecular flexibility index (Phi) is 7.10. The van der Waals surface area contributed by atoms with Crippen molar-refractivity contribution in [2.24, 2.45) is 0 Å². The Labute approximate surface area is 193 Å². The first-order valence-electron chi connectivity index (χ1n) is 9.36. The predicted octanol–water partition coefficient (Wildman–Crippen LogP) is 3.79. The van der Waals surface area contributed by atoms with E-state index in [1.807, 2.05) is 5.32 Å². The fourth-order valence-corrected chi connectivity index (χ4v) is 3.68. The highest BCUT2D eigenvalue weighted by atomic mass is 32.2. The minimum atomic E-state index is -1.80. The predicted molar refractivity (Wildman–Crippen MR) is 114 cm³/mol. The topological polar surface area (TPSA) is 139 Å². The Morgan fingerprint density at radius 1 is 1.26 bits per heavy atom. The third-order valence-electron chi connectivity index (χ3n) is 4.36. The van der Waals surface area contributed by atoms with E-state index in [4.69, 9.17) is 4.74 Å². The maximum Gasteiger partial charge on any atom is 0.315 e. The van der Waals surface area contributed by atoms with Crippen molar-refractivity contribution in [1.82, 2.24) is 4.90 Å². The maximum atomic E-state index is 13.7. The number of phenols is 1. The zero-order valence-electron chi connectivity index (χ0n) is 17.1. The number of halogens is 3. The first kappa shape index (κ1) is 24.6. The maximum absolute atomic E-state index is 13.7. The standard InChI is InChI=1S/C20H14F3N3O7S/c1-2-33-13-6-9(5-12(18(13)28)26(31)32)7-14-19(29)25(20(30)34-14)8-15(27)24-11-4-3-10(21)16(22)17(11)23/h3-7,28H,2,8H2,1H3,(H,24,27)/b14-7-. The average Bonchev–Trinajstić information content (AvgIpc) is 3.03. The van der Waals surface area contributed by atoms with Crippen molar-refractivity contribution in [1.29, 1.82) is 0 Å². The molecule has 2 N–H and O–H groups in total. The summed E-state index contributed by atoms with van der Waals surface area (Å²) in [5.41, 5.74) is -1.32. The number of carbonyl (C=O) groups is 3. The molecule has 0 radical (unpaired) electrons. The van der Waals surface area contributed by atoms with Gasteiger partial charge in [-0.15, -0.1) is 0 Å². The summed E-state index contributed by atoms with van der Waals surface area (Å²) in [7, 11) is 0. The third-order valence-corrected chi connectivity index (χ3v) is 5.26. The smallest absolute Gasteiger partial charge is 0.315 e. The normalized spacial score (nSPS) is 14.6. The molecule has 3 amide bonds. The summed E-state index contributed by atoms with van der Waals surface area (Å²) in [5, 5.41) is 22.2. The number of nitro groups is 1. The first-order valence-corrected chi connectivity index (χ1v) is 10.2. The summed E-state index contributed by atoms with van der Waals surface area (Å²) in [6, 6.07) is 3.54. The number of amides is 3. The Morgan fingerprint density at radius 3 is 2.62 bits per heavy atom. The molecule has 3 rings (SSSR count). The van der Waals surface area contributed by atoms with Gasteiger partial charge in [-0.2, -0.15) is 0 Å². The van der Waals surface area contributed by atoms with Crippen molar-refractivity contribution < 1.29 is 42.3 Å². The fourth-order valence-electron chi connectivity index (χ4n) is 2.85. The molecule has 1 heterocycles. The fraction of sp³-hybridized carbons (Fsp3) is 0.150. The lowest BCUT2D eigenvalue weighted by Gasteiger charge is -2.13. The largest absolute Gasteiger partial charge is 0.500 e. The minimum absolute atomic E-state index is 0.0618. The number of imide groups is 1. The van der Waals surface area contributed by atoms with Gasteiger partial charge in [0, 0.05) is 6.07 Å². The summed E-state index contributed by atoms with van der Waals surface area (Å²) in [4.78, 5) is 47.6. The van der Waals surface area contributed by atoms with Gasteiger partial charge < -0.3 is 15.2 Å². The molecule has 34 heavy (non-hydrogen) atoms. The molecule has 14 heteroatoms. The van der Waals surface area contributed by atoms with Crippen LogP contribution < -0.4 is 10.1 Å². The number of benzene rings is 2. The third kappa shape index (κ3) is 4.96. The van der Waals surface area contributed by atoms with E-state index in [0.717, 1.165) is 18.2 Å². The van der Waals surface area contributed by atoms with Crippen molar-refractivity contribution >= 4 is 46.3 Å². The van der Waals surface area contributed by atoms with Crippen molar-refractivity contribution in [3.05, 3.63) is 62.3 Å². The summed E-state index contributed by atoms with van der Waals surface area (Å²) < 4.78 is 45.2. The second-order valence-electron chi connectivity index (χ2n) is 6.62. The van der Waals surface area contributed by atoms with Crippen LogP contribution in [0.4, 0.5) is 29.3 Å². The van der Waals surface area contributed by atoms with Crippen LogP contribution in [0, 0.1) is 27.6 Å². The molecule has 0 spiro atoms. The number of ether oxygens (including phenoxy) is 1. The molecule has 0 aromatic heterocycles. The number of anilines is 1. The van der Waals surface area contributed by atoms with Gasteiger partial charge in [0.25, 0.3) is 11.1 Å². The van der Waals surface area contributed by atoms with Crippen LogP contribution in [-0.2, 0) is 9.59 Å². The Bertz CT molecular complexity index is 1250. The van der Waals surface area contributed by atoms with Gasteiger partial charge in [0.05, 0.1) is 22.1 Å². The number of hydrogen-bond acceptors (Lipinski definition) is 8. The molecule has 1 saturated heterocycles. The summed E-state index contributed by atoms with van der Waals surface area (Å²) in [6.07, 6.45) is 1.13. The van der Waals surface area contributed by atoms with E-state index in [-0.39, 0.29) is 22.8 Å². The van der Waals surface area contributed by atoms with Crippen molar-refractivity contribution in [2.45, 2.75) is 6.92 Å². The Hall–Kier alpha value is -4.07. The lowest BCUT2D eigenvalue weighted by molar-refractivity contribution is -0.386. The van der Waals surface area contributed by atoms with Gasteiger partial charge in [-0.3, -0.25) is 29.4 Å². The number of carbonyl (C=O) groups excluding carboxylic acids is 3. The number of rotatable bonds is 7. The zero-order valence-corrected chi connectivity index (χ0v) is 18.0. The molecule has 1 aliphatic rings. The summed E-state index contributed by atoms with van der Waals surface area (Å²) >= 11 is 0.432. The molecule has 0 saturated carbocycles. The molecule has 1 fully saturated rings. The van der Waals surface area contributed by atoms with Crippen molar-refractivity contribution in [3.63, 3.8) is 0 Å². The molecule has 0 unspecified atom stereocenters. The number of aromatic hydroxyl groups is 1. The Balaban J connectivity index is 1.81. The lowest BCUT2D eigenvalue weighted by Crippen LogP contribution is -2.36. The van der Waals surface area contributed by atoms with Gasteiger partial charge in [-0.05, 0) is 48.5 Å². The van der Waals surface area contributed by atoms with E-state index >= 15 is 0 Å². The highest BCUT2D eigenvalue weighted by Crippen LogP contribution is 2.39. The van der Waals surface area contributed by atoms with Gasteiger partial charge in [-0.1, -0.05) is 0 Å². The van der Waals surface area contributed by atoms with E-state index in [9.17, 15) is 42.8 Å². The van der Waals surface area contributed by atoms with Crippen LogP contribution in [-0.4, -0.2) is 45.1 Å². The van der Waals surface area contributed by atoms with Crippen molar-refractivity contribution in [2.75, 3.05) is 18.5 Å². The van der Waals surface area contributed by atoms with Gasteiger partial charge in [-0.25, -0.2) is 13.2 Å². The van der Waals surface area contributed by atoms with Crippen LogP contribution in [0.5, 0.6) is 11.5 Å². The van der Waals surface area contributed by atoms with E-state index in [1.54, 1.807) is 6.92 Å². The molecule has 0 atom stereocenters. The molecule has 1 aliphatic heterocycles. The van der Waals surface area contributed by atoms with Crippen LogP contribution in [0.15, 0.2) is 29.2 Å². The number of hydrogen-bond donors (Lipinski definition) is 2. The molecule has 178 valence electrons. The summed E-state index contributed by atoms with van der Waals surface area (Å²) in [6.45, 7) is 0.805. The zero-order chi connectivity index (χ0) is 25.2. The average molecular weight is 497 g/mol. The molecule has 2 aromatic rings.